The van der Waals surface area contributed by atoms with E-state index in [2.05, 4.69) is 32.5 Å². The summed E-state index contributed by atoms with van der Waals surface area (Å²) in [6, 6.07) is 0.493. The van der Waals surface area contributed by atoms with Crippen LogP contribution in [-0.4, -0.2) is 73.6 Å². The highest BCUT2D eigenvalue weighted by Crippen LogP contribution is 2.09. The number of likely N-dealkylation sites (tertiary alicyclic amines) is 1. The summed E-state index contributed by atoms with van der Waals surface area (Å²) in [7, 11) is 3.58. The first-order valence-electron chi connectivity index (χ1n) is 8.39. The van der Waals surface area contributed by atoms with Gasteiger partial charge in [0.2, 0.25) is 0 Å². The summed E-state index contributed by atoms with van der Waals surface area (Å²) in [6.07, 6.45) is 6.21. The van der Waals surface area contributed by atoms with E-state index in [0.717, 1.165) is 58.1 Å². The fourth-order valence-corrected chi connectivity index (χ4v) is 2.79. The zero-order chi connectivity index (χ0) is 16.5. The molecule has 7 nitrogen and oxygen atoms in total. The molecular weight excluding hydrogens is 419 g/mol. The first-order valence-corrected chi connectivity index (χ1v) is 8.39. The van der Waals surface area contributed by atoms with Gasteiger partial charge in [0.25, 0.3) is 0 Å². The van der Waals surface area contributed by atoms with Gasteiger partial charge in [-0.3, -0.25) is 9.67 Å². The van der Waals surface area contributed by atoms with E-state index in [9.17, 15) is 0 Å². The summed E-state index contributed by atoms with van der Waals surface area (Å²) >= 11 is 0. The molecule has 0 saturated carbocycles. The van der Waals surface area contributed by atoms with E-state index in [1.54, 1.807) is 7.11 Å². The molecule has 2 rings (SSSR count). The molecule has 2 heterocycles. The number of hydrogen-bond donors (Lipinski definition) is 2. The van der Waals surface area contributed by atoms with Crippen LogP contribution in [0.15, 0.2) is 17.4 Å². The molecule has 0 aromatic carbocycles. The Morgan fingerprint density at radius 3 is 2.71 bits per heavy atom. The molecule has 0 atom stereocenters. The second kappa shape index (κ2) is 11.6. The van der Waals surface area contributed by atoms with Gasteiger partial charge in [0.15, 0.2) is 5.96 Å². The maximum atomic E-state index is 5.14. The number of methoxy groups -OCH3 is 1. The van der Waals surface area contributed by atoms with E-state index in [1.165, 1.54) is 5.56 Å². The van der Waals surface area contributed by atoms with Gasteiger partial charge in [-0.15, -0.1) is 24.0 Å². The molecule has 0 bridgehead atoms. The van der Waals surface area contributed by atoms with Crippen molar-refractivity contribution in [3.8, 4) is 0 Å². The minimum Gasteiger partial charge on any atom is -0.383 e. The maximum absolute atomic E-state index is 5.14. The highest BCUT2D eigenvalue weighted by Gasteiger charge is 2.19. The molecule has 0 aliphatic carbocycles. The summed E-state index contributed by atoms with van der Waals surface area (Å²) in [5.41, 5.74) is 1.19. The number of aliphatic imine (C=N–C) groups is 1. The SMILES string of the molecule is CN=C(NCCn1cc(C)cn1)NC1CCN(CCOC)CC1.I. The van der Waals surface area contributed by atoms with Crippen LogP contribution in [0, 0.1) is 6.92 Å². The third-order valence-electron chi connectivity index (χ3n) is 4.16. The summed E-state index contributed by atoms with van der Waals surface area (Å²) in [5.74, 6) is 0.879. The largest absolute Gasteiger partial charge is 0.383 e. The van der Waals surface area contributed by atoms with Crippen LogP contribution in [-0.2, 0) is 11.3 Å². The third kappa shape index (κ3) is 7.35. The quantitative estimate of drug-likeness (QED) is 0.370. The van der Waals surface area contributed by atoms with Gasteiger partial charge >= 0.3 is 0 Å². The normalized spacial score (nSPS) is 16.7. The van der Waals surface area contributed by atoms with Crippen molar-refractivity contribution in [2.24, 2.45) is 4.99 Å². The predicted octanol–water partition coefficient (Wildman–Crippen LogP) is 1.09. The zero-order valence-corrected chi connectivity index (χ0v) is 17.3. The second-order valence-electron chi connectivity index (χ2n) is 6.03. The minimum absolute atomic E-state index is 0. The number of aryl methyl sites for hydroxylation is 1. The first-order chi connectivity index (χ1) is 11.2. The number of ether oxygens (including phenoxy) is 1. The number of guanidine groups is 1. The van der Waals surface area contributed by atoms with Gasteiger partial charge in [0, 0.05) is 52.6 Å². The van der Waals surface area contributed by atoms with E-state index in [-0.39, 0.29) is 24.0 Å². The van der Waals surface area contributed by atoms with Crippen molar-refractivity contribution in [1.82, 2.24) is 25.3 Å². The Morgan fingerprint density at radius 1 is 1.38 bits per heavy atom. The predicted molar refractivity (Wildman–Crippen MR) is 108 cm³/mol. The van der Waals surface area contributed by atoms with E-state index in [4.69, 9.17) is 4.74 Å². The molecule has 0 spiro atoms. The molecule has 2 N–H and O–H groups in total. The van der Waals surface area contributed by atoms with Gasteiger partial charge in [-0.25, -0.2) is 0 Å². The van der Waals surface area contributed by atoms with Gasteiger partial charge < -0.3 is 20.3 Å². The highest BCUT2D eigenvalue weighted by molar-refractivity contribution is 14.0. The topological polar surface area (TPSA) is 66.7 Å². The Hall–Kier alpha value is -0.870. The summed E-state index contributed by atoms with van der Waals surface area (Å²) in [5, 5.41) is 11.2. The first kappa shape index (κ1) is 21.2. The van der Waals surface area contributed by atoms with Crippen LogP contribution in [0.4, 0.5) is 0 Å². The van der Waals surface area contributed by atoms with Gasteiger partial charge in [-0.1, -0.05) is 0 Å². The minimum atomic E-state index is 0. The molecule has 1 aromatic heterocycles. The summed E-state index contributed by atoms with van der Waals surface area (Å²) in [6.45, 7) is 7.77. The van der Waals surface area contributed by atoms with E-state index in [1.807, 2.05) is 24.1 Å². The Balaban J connectivity index is 0.00000288. The van der Waals surface area contributed by atoms with E-state index < -0.39 is 0 Å². The number of hydrogen-bond acceptors (Lipinski definition) is 4. The van der Waals surface area contributed by atoms with Crippen molar-refractivity contribution >= 4 is 29.9 Å². The Bertz CT molecular complexity index is 485. The lowest BCUT2D eigenvalue weighted by Gasteiger charge is -2.32. The van der Waals surface area contributed by atoms with Gasteiger partial charge in [-0.05, 0) is 25.3 Å². The van der Waals surface area contributed by atoms with Crippen LogP contribution in [0.25, 0.3) is 0 Å². The van der Waals surface area contributed by atoms with Crippen molar-refractivity contribution in [3.63, 3.8) is 0 Å². The molecule has 0 unspecified atom stereocenters. The van der Waals surface area contributed by atoms with Crippen LogP contribution in [0.5, 0.6) is 0 Å². The van der Waals surface area contributed by atoms with Crippen LogP contribution < -0.4 is 10.6 Å². The van der Waals surface area contributed by atoms with Gasteiger partial charge in [-0.2, -0.15) is 5.10 Å². The molecule has 0 amide bonds. The molecule has 1 aliphatic rings. The maximum Gasteiger partial charge on any atom is 0.191 e. The fraction of sp³-hybridized carbons (Fsp3) is 0.750. The average Bonchev–Trinajstić information content (AvgIpc) is 2.98. The summed E-state index contributed by atoms with van der Waals surface area (Å²) < 4.78 is 7.09. The molecule has 24 heavy (non-hydrogen) atoms. The Morgan fingerprint density at radius 2 is 2.12 bits per heavy atom. The number of halogens is 1. The number of rotatable bonds is 7. The number of nitrogens with zero attached hydrogens (tertiary/aromatic N) is 4. The number of nitrogens with one attached hydrogen (secondary N) is 2. The summed E-state index contributed by atoms with van der Waals surface area (Å²) in [4.78, 5) is 6.77. The Labute approximate surface area is 162 Å². The fourth-order valence-electron chi connectivity index (χ4n) is 2.79. The van der Waals surface area contributed by atoms with Crippen molar-refractivity contribution in [3.05, 3.63) is 18.0 Å². The molecule has 1 fully saturated rings. The van der Waals surface area contributed by atoms with Crippen molar-refractivity contribution in [1.29, 1.82) is 0 Å². The lowest BCUT2D eigenvalue weighted by atomic mass is 10.1. The molecule has 8 heteroatoms. The van der Waals surface area contributed by atoms with Crippen LogP contribution in [0.3, 0.4) is 0 Å². The number of piperidine rings is 1. The van der Waals surface area contributed by atoms with Crippen LogP contribution in [0.1, 0.15) is 18.4 Å². The van der Waals surface area contributed by atoms with E-state index >= 15 is 0 Å². The second-order valence-corrected chi connectivity index (χ2v) is 6.03. The van der Waals surface area contributed by atoms with Crippen molar-refractivity contribution in [2.75, 3.05) is 46.9 Å². The molecule has 1 aromatic rings. The van der Waals surface area contributed by atoms with Gasteiger partial charge in [0.05, 0.1) is 19.3 Å². The monoisotopic (exact) mass is 450 g/mol. The molecule has 0 radical (unpaired) electrons. The standard InChI is InChI=1S/C16H30N6O.HI/c1-14-12-19-22(13-14)9-6-18-16(17-2)20-15-4-7-21(8-5-15)10-11-23-3;/h12-13,15H,4-11H2,1-3H3,(H2,17,18,20);1H. The number of aromatic nitrogens is 2. The average molecular weight is 450 g/mol. The Kier molecular flexibility index (Phi) is 10.3. The lowest BCUT2D eigenvalue weighted by Crippen LogP contribution is -2.49. The van der Waals surface area contributed by atoms with Gasteiger partial charge in [0.1, 0.15) is 0 Å². The molecule has 138 valence electrons. The lowest BCUT2D eigenvalue weighted by molar-refractivity contribution is 0.128. The smallest absolute Gasteiger partial charge is 0.191 e. The molecule has 1 saturated heterocycles. The zero-order valence-electron chi connectivity index (χ0n) is 15.0. The molecule has 1 aliphatic heterocycles. The van der Waals surface area contributed by atoms with Crippen LogP contribution in [0.2, 0.25) is 0 Å². The van der Waals surface area contributed by atoms with E-state index in [0.29, 0.717) is 6.04 Å². The third-order valence-corrected chi connectivity index (χ3v) is 4.16. The highest BCUT2D eigenvalue weighted by atomic mass is 127. The molecular formula is C16H31IN6O. The van der Waals surface area contributed by atoms with Crippen molar-refractivity contribution < 1.29 is 4.74 Å². The van der Waals surface area contributed by atoms with Crippen molar-refractivity contribution in [2.45, 2.75) is 32.4 Å². The van der Waals surface area contributed by atoms with Crippen LogP contribution >= 0.6 is 24.0 Å².